The van der Waals surface area contributed by atoms with Gasteiger partial charge in [-0.2, -0.15) is 9.40 Å². The summed E-state index contributed by atoms with van der Waals surface area (Å²) in [4.78, 5) is 28.9. The first-order valence-electron chi connectivity index (χ1n) is 11.2. The molecule has 1 saturated heterocycles. The number of piperazine rings is 1. The molecule has 0 atom stereocenters. The topological polar surface area (TPSA) is 135 Å². The second-order valence-electron chi connectivity index (χ2n) is 8.36. The summed E-state index contributed by atoms with van der Waals surface area (Å²) in [7, 11) is -4.33. The molecule has 0 unspecified atom stereocenters. The highest BCUT2D eigenvalue weighted by molar-refractivity contribution is 7.89. The Bertz CT molecular complexity index is 1690. The first kappa shape index (κ1) is 25.5. The van der Waals surface area contributed by atoms with Gasteiger partial charge in [0.1, 0.15) is 16.2 Å². The zero-order valence-corrected chi connectivity index (χ0v) is 20.5. The SMILES string of the molecule is Cc1c(C(=O)N2CCN(S(=O)(=O)c3ccccc3OC(F)(F)F)CC2)cnn1-c1nn2cccc2c(=O)[nH]1. The smallest absolute Gasteiger partial charge is 0.404 e. The number of sulfonamides is 1. The summed E-state index contributed by atoms with van der Waals surface area (Å²) in [6.07, 6.45) is -2.14. The Hall–Kier alpha value is -4.18. The zero-order valence-electron chi connectivity index (χ0n) is 19.7. The highest BCUT2D eigenvalue weighted by atomic mass is 32.2. The first-order valence-corrected chi connectivity index (χ1v) is 12.7. The number of alkyl halides is 3. The third-order valence-electron chi connectivity index (χ3n) is 6.05. The van der Waals surface area contributed by atoms with Crippen LogP contribution >= 0.6 is 0 Å². The number of rotatable bonds is 5. The van der Waals surface area contributed by atoms with Gasteiger partial charge in [0.25, 0.3) is 11.5 Å². The van der Waals surface area contributed by atoms with Crippen LogP contribution in [0.3, 0.4) is 0 Å². The maximum atomic E-state index is 13.2. The van der Waals surface area contributed by atoms with Crippen LogP contribution in [0.5, 0.6) is 5.75 Å². The van der Waals surface area contributed by atoms with Crippen LogP contribution in [0.1, 0.15) is 16.1 Å². The normalized spacial score (nSPS) is 15.2. The number of H-pyrrole nitrogens is 1. The van der Waals surface area contributed by atoms with Crippen molar-refractivity contribution in [2.45, 2.75) is 18.2 Å². The molecule has 0 aliphatic carbocycles. The number of aromatic nitrogens is 5. The molecular weight excluding hydrogens is 531 g/mol. The van der Waals surface area contributed by atoms with Crippen molar-refractivity contribution >= 4 is 21.4 Å². The Balaban J connectivity index is 1.32. The van der Waals surface area contributed by atoms with Gasteiger partial charge in [-0.25, -0.2) is 17.6 Å². The predicted octanol–water partition coefficient (Wildman–Crippen LogP) is 1.56. The van der Waals surface area contributed by atoms with Gasteiger partial charge in [-0.15, -0.1) is 18.3 Å². The van der Waals surface area contributed by atoms with Crippen LogP contribution in [0.2, 0.25) is 0 Å². The molecule has 4 aromatic rings. The van der Waals surface area contributed by atoms with Gasteiger partial charge >= 0.3 is 6.36 Å². The predicted molar refractivity (Wildman–Crippen MR) is 125 cm³/mol. The van der Waals surface area contributed by atoms with Gasteiger partial charge < -0.3 is 9.64 Å². The molecule has 200 valence electrons. The molecule has 0 saturated carbocycles. The van der Waals surface area contributed by atoms with E-state index in [1.807, 2.05) is 0 Å². The monoisotopic (exact) mass is 551 g/mol. The van der Waals surface area contributed by atoms with Gasteiger partial charge in [0, 0.05) is 32.4 Å². The number of nitrogens with one attached hydrogen (secondary N) is 1. The minimum atomic E-state index is -5.06. The van der Waals surface area contributed by atoms with E-state index in [0.717, 1.165) is 16.4 Å². The second kappa shape index (κ2) is 9.29. The van der Waals surface area contributed by atoms with Crippen molar-refractivity contribution in [3.8, 4) is 11.7 Å². The number of nitrogens with zero attached hydrogens (tertiary/aromatic N) is 6. The lowest BCUT2D eigenvalue weighted by Crippen LogP contribution is -2.50. The van der Waals surface area contributed by atoms with Crippen molar-refractivity contribution in [2.75, 3.05) is 26.2 Å². The minimum Gasteiger partial charge on any atom is -0.404 e. The molecule has 1 aliphatic rings. The summed E-state index contributed by atoms with van der Waals surface area (Å²) in [5.74, 6) is -1.15. The number of halogens is 3. The Kier molecular flexibility index (Phi) is 6.22. The van der Waals surface area contributed by atoms with Crippen LogP contribution in [-0.4, -0.2) is 80.5 Å². The number of carbonyl (C=O) groups is 1. The molecule has 0 radical (unpaired) electrons. The summed E-state index contributed by atoms with van der Waals surface area (Å²) in [5, 5.41) is 8.47. The number of aromatic amines is 1. The molecule has 3 aromatic heterocycles. The number of benzene rings is 1. The number of hydrogen-bond donors (Lipinski definition) is 1. The minimum absolute atomic E-state index is 0.00458. The molecule has 16 heteroatoms. The molecule has 1 N–H and O–H groups in total. The third kappa shape index (κ3) is 4.63. The molecule has 4 heterocycles. The van der Waals surface area contributed by atoms with Crippen molar-refractivity contribution in [3.63, 3.8) is 0 Å². The van der Waals surface area contributed by atoms with Crippen LogP contribution in [-0.2, 0) is 10.0 Å². The number of amides is 1. The van der Waals surface area contributed by atoms with E-state index in [9.17, 15) is 31.2 Å². The van der Waals surface area contributed by atoms with E-state index in [2.05, 4.69) is 19.9 Å². The van der Waals surface area contributed by atoms with E-state index in [1.54, 1.807) is 25.3 Å². The fourth-order valence-electron chi connectivity index (χ4n) is 4.17. The van der Waals surface area contributed by atoms with E-state index >= 15 is 0 Å². The maximum absolute atomic E-state index is 13.2. The number of fused-ring (bicyclic) bond motifs is 1. The van der Waals surface area contributed by atoms with Gasteiger partial charge in [0.2, 0.25) is 16.0 Å². The molecule has 12 nitrogen and oxygen atoms in total. The van der Waals surface area contributed by atoms with Gasteiger partial charge in [0.05, 0.1) is 17.5 Å². The highest BCUT2D eigenvalue weighted by Gasteiger charge is 2.37. The van der Waals surface area contributed by atoms with Crippen LogP contribution in [0.4, 0.5) is 13.2 Å². The zero-order chi connectivity index (χ0) is 27.2. The van der Waals surface area contributed by atoms with E-state index in [1.165, 1.54) is 32.4 Å². The lowest BCUT2D eigenvalue weighted by molar-refractivity contribution is -0.275. The first-order chi connectivity index (χ1) is 18.0. The molecule has 1 fully saturated rings. The van der Waals surface area contributed by atoms with Crippen LogP contribution < -0.4 is 10.3 Å². The Morgan fingerprint density at radius 3 is 2.50 bits per heavy atom. The third-order valence-corrected chi connectivity index (χ3v) is 7.99. The lowest BCUT2D eigenvalue weighted by atomic mass is 10.2. The molecular formula is C22H20F3N7O5S. The van der Waals surface area contributed by atoms with E-state index in [-0.39, 0.29) is 43.3 Å². The van der Waals surface area contributed by atoms with Gasteiger partial charge in [-0.05, 0) is 31.2 Å². The summed E-state index contributed by atoms with van der Waals surface area (Å²) in [5.41, 5.74) is 0.580. The standard InChI is InChI=1S/C22H20F3N7O5S/c1-14-15(13-26-32(14)21-27-19(33)16-5-4-8-31(16)28-21)20(34)29-9-11-30(12-10-29)38(35,36)18-7-3-2-6-17(18)37-22(23,24)25/h2-8,13H,9-12H2,1H3,(H,27,28,33). The van der Waals surface area contributed by atoms with Crippen LogP contribution in [0.25, 0.3) is 11.5 Å². The fourth-order valence-corrected chi connectivity index (χ4v) is 5.71. The maximum Gasteiger partial charge on any atom is 0.573 e. The summed E-state index contributed by atoms with van der Waals surface area (Å²) in [6.45, 7) is 1.34. The van der Waals surface area contributed by atoms with Crippen molar-refractivity contribution in [1.29, 1.82) is 0 Å². The molecule has 1 aliphatic heterocycles. The van der Waals surface area contributed by atoms with Crippen molar-refractivity contribution in [2.24, 2.45) is 0 Å². The molecule has 1 amide bonds. The molecule has 1 aromatic carbocycles. The number of para-hydroxylation sites is 1. The van der Waals surface area contributed by atoms with Crippen LogP contribution in [0.15, 0.2) is 58.5 Å². The van der Waals surface area contributed by atoms with Gasteiger partial charge in [-0.1, -0.05) is 12.1 Å². The Morgan fingerprint density at radius 1 is 1.08 bits per heavy atom. The van der Waals surface area contributed by atoms with E-state index in [0.29, 0.717) is 11.2 Å². The van der Waals surface area contributed by atoms with E-state index < -0.39 is 32.9 Å². The summed E-state index contributed by atoms with van der Waals surface area (Å²) >= 11 is 0. The Morgan fingerprint density at radius 2 is 1.79 bits per heavy atom. The van der Waals surface area contributed by atoms with Crippen molar-refractivity contribution in [3.05, 3.63) is 70.4 Å². The molecule has 5 rings (SSSR count). The number of carbonyl (C=O) groups excluding carboxylic acids is 1. The van der Waals surface area contributed by atoms with Crippen LogP contribution in [0, 0.1) is 6.92 Å². The second-order valence-corrected chi connectivity index (χ2v) is 10.3. The summed E-state index contributed by atoms with van der Waals surface area (Å²) < 4.78 is 72.1. The van der Waals surface area contributed by atoms with Gasteiger partial charge in [-0.3, -0.25) is 14.6 Å². The Labute approximate surface area is 212 Å². The average Bonchev–Trinajstić information content (AvgIpc) is 3.50. The average molecular weight is 552 g/mol. The largest absolute Gasteiger partial charge is 0.573 e. The van der Waals surface area contributed by atoms with Crippen molar-refractivity contribution < 1.29 is 31.1 Å². The number of hydrogen-bond acceptors (Lipinski definition) is 7. The van der Waals surface area contributed by atoms with Gasteiger partial charge in [0.15, 0.2) is 0 Å². The molecule has 0 spiro atoms. The highest BCUT2D eigenvalue weighted by Crippen LogP contribution is 2.31. The molecule has 0 bridgehead atoms. The lowest BCUT2D eigenvalue weighted by Gasteiger charge is -2.34. The fraction of sp³-hybridized carbons (Fsp3) is 0.273. The summed E-state index contributed by atoms with van der Waals surface area (Å²) in [6, 6.07) is 7.76. The quantitative estimate of drug-likeness (QED) is 0.398. The molecule has 38 heavy (non-hydrogen) atoms. The van der Waals surface area contributed by atoms with Crippen molar-refractivity contribution in [1.82, 2.24) is 33.6 Å². The number of ether oxygens (including phenoxy) is 1. The van der Waals surface area contributed by atoms with E-state index in [4.69, 9.17) is 0 Å².